The molecule has 200 valence electrons. The Hall–Kier alpha value is -2.27. The number of nitrogens with one attached hydrogen (secondary N) is 1. The predicted molar refractivity (Wildman–Crippen MR) is 93.5 cm³/mol. The number of halogens is 13. The maximum Gasteiger partial charge on any atom is 0.460 e. The van der Waals surface area contributed by atoms with Crippen LogP contribution in [0, 0.1) is 0 Å². The van der Waals surface area contributed by atoms with Crippen molar-refractivity contribution < 1.29 is 66.7 Å². The van der Waals surface area contributed by atoms with Crippen molar-refractivity contribution in [2.45, 2.75) is 67.9 Å². The summed E-state index contributed by atoms with van der Waals surface area (Å²) in [5.74, 6) is -43.7. The van der Waals surface area contributed by atoms with Crippen LogP contribution in [0.15, 0.2) is 0 Å². The van der Waals surface area contributed by atoms with Crippen molar-refractivity contribution in [2.24, 2.45) is 5.73 Å². The Balaban J connectivity index is 2.50. The molecule has 18 heteroatoms. The van der Waals surface area contributed by atoms with Crippen LogP contribution in [-0.4, -0.2) is 47.6 Å². The molecule has 1 heterocycles. The number of carbonyl (C=O) groups excluding carboxylic acids is 2. The second-order valence-corrected chi connectivity index (χ2v) is 8.56. The van der Waals surface area contributed by atoms with Crippen molar-refractivity contribution >= 4 is 28.2 Å². The van der Waals surface area contributed by atoms with Crippen LogP contribution < -0.4 is 11.1 Å². The van der Waals surface area contributed by atoms with Gasteiger partial charge in [-0.2, -0.15) is 57.1 Å². The molecule has 3 N–H and O–H groups in total. The van der Waals surface area contributed by atoms with E-state index in [0.717, 1.165) is 5.32 Å². The topological polar surface area (TPSA) is 72.2 Å². The highest BCUT2D eigenvalue weighted by Crippen LogP contribution is 2.60. The van der Waals surface area contributed by atoms with E-state index in [1.54, 1.807) is 0 Å². The Labute approximate surface area is 190 Å². The summed E-state index contributed by atoms with van der Waals surface area (Å²) in [6.07, 6.45) is -5.64. The summed E-state index contributed by atoms with van der Waals surface area (Å²) in [5, 5.41) is 0.0253. The molecule has 2 amide bonds. The fourth-order valence-electron chi connectivity index (χ4n) is 3.19. The fraction of sp³-hybridized carbons (Fsp3) is 0.647. The van der Waals surface area contributed by atoms with Crippen molar-refractivity contribution in [1.29, 1.82) is 0 Å². The molecule has 0 spiro atoms. The van der Waals surface area contributed by atoms with Crippen molar-refractivity contribution in [3.63, 3.8) is 0 Å². The summed E-state index contributed by atoms with van der Waals surface area (Å²) in [7, 11) is 0. The predicted octanol–water partition coefficient (Wildman–Crippen LogP) is 5.79. The molecule has 0 unspecified atom stereocenters. The summed E-state index contributed by atoms with van der Waals surface area (Å²) in [6.45, 7) is 0. The van der Waals surface area contributed by atoms with Gasteiger partial charge in [0.05, 0.1) is 5.56 Å². The van der Waals surface area contributed by atoms with E-state index in [4.69, 9.17) is 5.73 Å². The highest BCUT2D eigenvalue weighted by atomic mass is 32.1. The van der Waals surface area contributed by atoms with Crippen LogP contribution in [0.1, 0.15) is 40.1 Å². The second kappa shape index (κ2) is 8.69. The smallest absolute Gasteiger partial charge is 0.365 e. The lowest BCUT2D eigenvalue weighted by Crippen LogP contribution is -2.71. The molecule has 0 aromatic carbocycles. The van der Waals surface area contributed by atoms with Crippen LogP contribution in [0.2, 0.25) is 0 Å². The molecular formula is C17H13F13N2O2S. The van der Waals surface area contributed by atoms with Crippen LogP contribution in [0.4, 0.5) is 62.1 Å². The molecular weight excluding hydrogens is 543 g/mol. The van der Waals surface area contributed by atoms with Gasteiger partial charge >= 0.3 is 41.7 Å². The molecule has 0 atom stereocenters. The van der Waals surface area contributed by atoms with Gasteiger partial charge in [-0.05, 0) is 31.2 Å². The lowest BCUT2D eigenvalue weighted by molar-refractivity contribution is -0.435. The Morgan fingerprint density at radius 3 is 1.69 bits per heavy atom. The monoisotopic (exact) mass is 556 g/mol. The van der Waals surface area contributed by atoms with E-state index in [1.807, 2.05) is 0 Å². The minimum Gasteiger partial charge on any atom is -0.365 e. The minimum absolute atomic E-state index is 0.114. The molecule has 0 fully saturated rings. The Morgan fingerprint density at radius 1 is 0.714 bits per heavy atom. The van der Waals surface area contributed by atoms with Gasteiger partial charge in [-0.1, -0.05) is 6.42 Å². The van der Waals surface area contributed by atoms with E-state index >= 15 is 0 Å². The third-order valence-corrected chi connectivity index (χ3v) is 6.32. The number of alkyl halides is 13. The van der Waals surface area contributed by atoms with Gasteiger partial charge in [0, 0.05) is 4.88 Å². The zero-order chi connectivity index (χ0) is 27.4. The molecule has 0 saturated heterocycles. The van der Waals surface area contributed by atoms with E-state index in [2.05, 4.69) is 0 Å². The van der Waals surface area contributed by atoms with Gasteiger partial charge in [0.15, 0.2) is 0 Å². The summed E-state index contributed by atoms with van der Waals surface area (Å²) < 4.78 is 172. The number of amides is 2. The van der Waals surface area contributed by atoms with Crippen LogP contribution in [0.3, 0.4) is 0 Å². The van der Waals surface area contributed by atoms with Crippen LogP contribution >= 0.6 is 11.3 Å². The van der Waals surface area contributed by atoms with Gasteiger partial charge in [0.25, 0.3) is 5.91 Å². The normalized spacial score (nSPS) is 16.5. The number of nitrogens with two attached hydrogens (primary N) is 1. The van der Waals surface area contributed by atoms with E-state index in [0.29, 0.717) is 30.6 Å². The van der Waals surface area contributed by atoms with Gasteiger partial charge < -0.3 is 11.1 Å². The van der Waals surface area contributed by atoms with Crippen LogP contribution in [-0.2, 0) is 17.6 Å². The first-order chi connectivity index (χ1) is 15.6. The standard InChI is InChI=1S/C17H13F13N2O2S/c18-12(19,13(20,21)14(22,23)15(24,25)16(26,27)17(28,29)30)11(34)32-10-8(9(31)33)6-4-2-1-3-5-7(6)35-10/h1-5H2,(H2,31,33)(H,32,34). The number of thiophene rings is 1. The highest BCUT2D eigenvalue weighted by molar-refractivity contribution is 7.17. The largest absolute Gasteiger partial charge is 0.460 e. The third-order valence-electron chi connectivity index (χ3n) is 5.11. The maximum absolute atomic E-state index is 14.1. The molecule has 4 nitrogen and oxygen atoms in total. The first-order valence-electron chi connectivity index (χ1n) is 9.27. The minimum atomic E-state index is -8.12. The lowest BCUT2D eigenvalue weighted by Gasteiger charge is -2.39. The molecule has 1 aliphatic carbocycles. The average molecular weight is 556 g/mol. The molecule has 2 rings (SSSR count). The third kappa shape index (κ3) is 4.30. The number of fused-ring (bicyclic) bond motifs is 1. The summed E-state index contributed by atoms with van der Waals surface area (Å²) in [5.41, 5.74) is 4.57. The van der Waals surface area contributed by atoms with E-state index in [-0.39, 0.29) is 23.3 Å². The van der Waals surface area contributed by atoms with Crippen molar-refractivity contribution in [1.82, 2.24) is 0 Å². The van der Waals surface area contributed by atoms with Gasteiger partial charge in [-0.25, -0.2) is 0 Å². The summed E-state index contributed by atoms with van der Waals surface area (Å²) in [6, 6.07) is 0. The highest BCUT2D eigenvalue weighted by Gasteiger charge is 2.91. The van der Waals surface area contributed by atoms with Crippen LogP contribution in [0.5, 0.6) is 0 Å². The zero-order valence-electron chi connectivity index (χ0n) is 16.8. The summed E-state index contributed by atoms with van der Waals surface area (Å²) >= 11 is 0.364. The second-order valence-electron chi connectivity index (χ2n) is 7.46. The van der Waals surface area contributed by atoms with Gasteiger partial charge in [0.1, 0.15) is 5.00 Å². The van der Waals surface area contributed by atoms with Gasteiger partial charge in [-0.15, -0.1) is 11.3 Å². The Kier molecular flexibility index (Phi) is 7.19. The average Bonchev–Trinajstić information content (AvgIpc) is 2.87. The van der Waals surface area contributed by atoms with Gasteiger partial charge in [-0.3, -0.25) is 9.59 Å². The number of primary amides is 1. The van der Waals surface area contributed by atoms with Crippen molar-refractivity contribution in [3.05, 3.63) is 16.0 Å². The fourth-order valence-corrected chi connectivity index (χ4v) is 4.47. The molecule has 1 aromatic rings. The molecule has 0 saturated carbocycles. The van der Waals surface area contributed by atoms with Gasteiger partial charge in [0.2, 0.25) is 0 Å². The summed E-state index contributed by atoms with van der Waals surface area (Å²) in [4.78, 5) is 23.8. The number of hydrogen-bond donors (Lipinski definition) is 2. The number of carbonyl (C=O) groups is 2. The first-order valence-corrected chi connectivity index (χ1v) is 10.1. The number of anilines is 1. The first kappa shape index (κ1) is 29.0. The van der Waals surface area contributed by atoms with E-state index in [1.165, 1.54) is 0 Å². The lowest BCUT2D eigenvalue weighted by atomic mass is 9.93. The molecule has 1 aliphatic rings. The zero-order valence-corrected chi connectivity index (χ0v) is 17.6. The molecule has 0 aliphatic heterocycles. The number of aryl methyl sites for hydroxylation is 1. The Bertz CT molecular complexity index is 1000. The molecule has 35 heavy (non-hydrogen) atoms. The molecule has 1 aromatic heterocycles. The van der Waals surface area contributed by atoms with E-state index in [9.17, 15) is 66.7 Å². The number of rotatable bonds is 7. The molecule has 0 radical (unpaired) electrons. The molecule has 0 bridgehead atoms. The van der Waals surface area contributed by atoms with Crippen molar-refractivity contribution in [3.8, 4) is 0 Å². The SMILES string of the molecule is NC(=O)c1c(NC(=O)C(F)(F)C(F)(F)C(F)(F)C(F)(F)C(F)(F)C(F)(F)F)sc2c1CCCCC2. The van der Waals surface area contributed by atoms with E-state index < -0.39 is 58.2 Å². The van der Waals surface area contributed by atoms with Crippen molar-refractivity contribution in [2.75, 3.05) is 5.32 Å². The maximum atomic E-state index is 14.1. The quantitative estimate of drug-likeness (QED) is 0.330. The number of hydrogen-bond acceptors (Lipinski definition) is 3. The Morgan fingerprint density at radius 2 is 1.20 bits per heavy atom. The van der Waals surface area contributed by atoms with Crippen LogP contribution in [0.25, 0.3) is 0 Å².